The van der Waals surface area contributed by atoms with Crippen LogP contribution in [0.2, 0.25) is 0 Å². The number of hydrogen-bond acceptors (Lipinski definition) is 3. The Balaban J connectivity index is 2.22. The molecule has 0 spiro atoms. The van der Waals surface area contributed by atoms with E-state index < -0.39 is 10.0 Å². The van der Waals surface area contributed by atoms with Crippen LogP contribution in [-0.2, 0) is 16.4 Å². The van der Waals surface area contributed by atoms with Gasteiger partial charge in [-0.2, -0.15) is 0 Å². The van der Waals surface area contributed by atoms with Crippen molar-refractivity contribution in [1.29, 1.82) is 0 Å². The zero-order valence-corrected chi connectivity index (χ0v) is 17.3. The molecule has 0 aliphatic carbocycles. The van der Waals surface area contributed by atoms with Crippen molar-refractivity contribution in [1.82, 2.24) is 4.90 Å². The van der Waals surface area contributed by atoms with Crippen molar-refractivity contribution in [3.8, 4) is 0 Å². The molecular formula is C21H28N2O3S. The lowest BCUT2D eigenvalue weighted by Crippen LogP contribution is -2.27. The maximum absolute atomic E-state index is 12.8. The summed E-state index contributed by atoms with van der Waals surface area (Å²) in [6.07, 6.45) is 2.69. The van der Waals surface area contributed by atoms with Crippen molar-refractivity contribution in [3.63, 3.8) is 0 Å². The van der Waals surface area contributed by atoms with E-state index in [1.807, 2.05) is 32.0 Å². The molecule has 0 fully saturated rings. The second-order valence-corrected chi connectivity index (χ2v) is 8.36. The number of aryl methyl sites for hydroxylation is 2. The van der Waals surface area contributed by atoms with Gasteiger partial charge in [-0.05, 0) is 55.2 Å². The Bertz CT molecular complexity index is 890. The van der Waals surface area contributed by atoms with Crippen LogP contribution < -0.4 is 4.72 Å². The van der Waals surface area contributed by atoms with E-state index in [1.165, 1.54) is 12.1 Å². The van der Waals surface area contributed by atoms with Gasteiger partial charge in [0.25, 0.3) is 15.9 Å². The number of carbonyl (C=O) groups is 1. The highest BCUT2D eigenvalue weighted by Gasteiger charge is 2.18. The smallest absolute Gasteiger partial charge is 0.261 e. The third-order valence-electron chi connectivity index (χ3n) is 4.58. The Morgan fingerprint density at radius 1 is 1.07 bits per heavy atom. The number of para-hydroxylation sites is 1. The maximum atomic E-state index is 12.8. The number of hydrogen-bond donors (Lipinski definition) is 1. The molecule has 146 valence electrons. The van der Waals surface area contributed by atoms with Crippen LogP contribution in [-0.4, -0.2) is 32.8 Å². The lowest BCUT2D eigenvalue weighted by Gasteiger charge is -2.17. The minimum atomic E-state index is -3.72. The van der Waals surface area contributed by atoms with E-state index in [4.69, 9.17) is 0 Å². The molecule has 1 N–H and O–H groups in total. The molecule has 0 bridgehead atoms. The zero-order valence-electron chi connectivity index (χ0n) is 16.5. The molecule has 0 saturated heterocycles. The maximum Gasteiger partial charge on any atom is 0.261 e. The first kappa shape index (κ1) is 21.0. The van der Waals surface area contributed by atoms with Gasteiger partial charge in [0.1, 0.15) is 0 Å². The topological polar surface area (TPSA) is 66.5 Å². The highest BCUT2D eigenvalue weighted by atomic mass is 32.2. The van der Waals surface area contributed by atoms with Crippen LogP contribution >= 0.6 is 0 Å². The number of carbonyl (C=O) groups excluding carboxylic acids is 1. The molecule has 2 aromatic rings. The van der Waals surface area contributed by atoms with Crippen LogP contribution in [0.1, 0.15) is 48.2 Å². The van der Waals surface area contributed by atoms with Gasteiger partial charge in [-0.3, -0.25) is 9.52 Å². The summed E-state index contributed by atoms with van der Waals surface area (Å²) in [5.74, 6) is -0.104. The second-order valence-electron chi connectivity index (χ2n) is 6.67. The first-order chi connectivity index (χ1) is 12.8. The van der Waals surface area contributed by atoms with E-state index >= 15 is 0 Å². The van der Waals surface area contributed by atoms with Gasteiger partial charge in [0.15, 0.2) is 0 Å². The minimum absolute atomic E-state index is 0.104. The Hall–Kier alpha value is -2.34. The first-order valence-corrected chi connectivity index (χ1v) is 10.7. The monoisotopic (exact) mass is 388 g/mol. The molecule has 0 aromatic heterocycles. The third-order valence-corrected chi connectivity index (χ3v) is 5.95. The van der Waals surface area contributed by atoms with Crippen LogP contribution in [0.4, 0.5) is 5.69 Å². The van der Waals surface area contributed by atoms with Gasteiger partial charge < -0.3 is 4.90 Å². The third kappa shape index (κ3) is 5.10. The highest BCUT2D eigenvalue weighted by Crippen LogP contribution is 2.24. The summed E-state index contributed by atoms with van der Waals surface area (Å²) < 4.78 is 28.2. The van der Waals surface area contributed by atoms with Crippen molar-refractivity contribution < 1.29 is 13.2 Å². The molecule has 2 aromatic carbocycles. The number of nitrogens with one attached hydrogen (secondary N) is 1. The molecular weight excluding hydrogens is 360 g/mol. The van der Waals surface area contributed by atoms with Crippen molar-refractivity contribution >= 4 is 21.6 Å². The summed E-state index contributed by atoms with van der Waals surface area (Å²) in [7, 11) is -1.96. The summed E-state index contributed by atoms with van der Waals surface area (Å²) in [6.45, 7) is 6.63. The van der Waals surface area contributed by atoms with Crippen LogP contribution in [0.3, 0.4) is 0 Å². The van der Waals surface area contributed by atoms with Crippen LogP contribution in [0, 0.1) is 6.92 Å². The summed E-state index contributed by atoms with van der Waals surface area (Å²) in [6, 6.07) is 11.8. The Kier molecular flexibility index (Phi) is 7.02. The number of nitrogens with zero attached hydrogens (tertiary/aromatic N) is 1. The highest BCUT2D eigenvalue weighted by molar-refractivity contribution is 7.92. The molecule has 0 aliphatic heterocycles. The normalized spacial score (nSPS) is 11.3. The molecule has 0 aliphatic rings. The summed E-state index contributed by atoms with van der Waals surface area (Å²) in [4.78, 5) is 14.2. The van der Waals surface area contributed by atoms with E-state index in [0.29, 0.717) is 17.8 Å². The van der Waals surface area contributed by atoms with E-state index in [1.54, 1.807) is 24.1 Å². The minimum Gasteiger partial charge on any atom is -0.342 e. The van der Waals surface area contributed by atoms with Crippen LogP contribution in [0.15, 0.2) is 47.4 Å². The summed E-state index contributed by atoms with van der Waals surface area (Å²) in [5, 5.41) is 0. The SMILES string of the molecule is CCCCN(C)C(=O)c1ccc(S(=O)(=O)Nc2c(C)cccc2CC)cc1. The second kappa shape index (κ2) is 9.04. The lowest BCUT2D eigenvalue weighted by atomic mass is 10.1. The average molecular weight is 389 g/mol. The predicted molar refractivity (Wildman–Crippen MR) is 110 cm³/mol. The van der Waals surface area contributed by atoms with Crippen molar-refractivity contribution in [2.75, 3.05) is 18.3 Å². The number of anilines is 1. The molecule has 2 rings (SSSR count). The fraction of sp³-hybridized carbons (Fsp3) is 0.381. The number of amides is 1. The molecule has 0 unspecified atom stereocenters. The van der Waals surface area contributed by atoms with E-state index in [2.05, 4.69) is 11.6 Å². The molecule has 0 atom stereocenters. The Morgan fingerprint density at radius 3 is 2.33 bits per heavy atom. The largest absolute Gasteiger partial charge is 0.342 e. The molecule has 0 heterocycles. The molecule has 6 heteroatoms. The number of rotatable bonds is 8. The average Bonchev–Trinajstić information content (AvgIpc) is 2.67. The number of unbranched alkanes of at least 4 members (excludes halogenated alkanes) is 1. The quantitative estimate of drug-likeness (QED) is 0.736. The van der Waals surface area contributed by atoms with Crippen molar-refractivity contribution in [3.05, 3.63) is 59.2 Å². The lowest BCUT2D eigenvalue weighted by molar-refractivity contribution is 0.0793. The van der Waals surface area contributed by atoms with E-state index in [0.717, 1.165) is 30.4 Å². The van der Waals surface area contributed by atoms with Crippen LogP contribution in [0.25, 0.3) is 0 Å². The van der Waals surface area contributed by atoms with Gasteiger partial charge in [-0.15, -0.1) is 0 Å². The molecule has 0 radical (unpaired) electrons. The molecule has 27 heavy (non-hydrogen) atoms. The van der Waals surface area contributed by atoms with E-state index in [-0.39, 0.29) is 10.8 Å². The fourth-order valence-electron chi connectivity index (χ4n) is 2.86. The van der Waals surface area contributed by atoms with Crippen molar-refractivity contribution in [2.24, 2.45) is 0 Å². The fourth-order valence-corrected chi connectivity index (χ4v) is 4.03. The standard InChI is InChI=1S/C21H28N2O3S/c1-5-7-15-23(4)21(24)18-11-13-19(14-12-18)27(25,26)22-20-16(3)9-8-10-17(20)6-2/h8-14,22H,5-7,15H2,1-4H3. The first-order valence-electron chi connectivity index (χ1n) is 9.27. The van der Waals surface area contributed by atoms with Gasteiger partial charge in [-0.25, -0.2) is 8.42 Å². The van der Waals surface area contributed by atoms with Crippen LogP contribution in [0.5, 0.6) is 0 Å². The Labute approximate surface area is 162 Å². The Morgan fingerprint density at radius 2 is 1.74 bits per heavy atom. The van der Waals surface area contributed by atoms with E-state index in [9.17, 15) is 13.2 Å². The summed E-state index contributed by atoms with van der Waals surface area (Å²) >= 11 is 0. The number of sulfonamides is 1. The molecule has 1 amide bonds. The van der Waals surface area contributed by atoms with Gasteiger partial charge in [0.05, 0.1) is 10.6 Å². The zero-order chi connectivity index (χ0) is 20.0. The predicted octanol–water partition coefficient (Wildman–Crippen LogP) is 4.23. The molecule has 0 saturated carbocycles. The number of benzene rings is 2. The van der Waals surface area contributed by atoms with Crippen molar-refractivity contribution in [2.45, 2.75) is 44.9 Å². The van der Waals surface area contributed by atoms with Gasteiger partial charge in [0.2, 0.25) is 0 Å². The summed E-state index contributed by atoms with van der Waals surface area (Å²) in [5.41, 5.74) is 2.93. The van der Waals surface area contributed by atoms with Gasteiger partial charge in [0, 0.05) is 19.2 Å². The van der Waals surface area contributed by atoms with Gasteiger partial charge in [-0.1, -0.05) is 38.5 Å². The van der Waals surface area contributed by atoms with Gasteiger partial charge >= 0.3 is 0 Å². The molecule has 5 nitrogen and oxygen atoms in total.